The first-order chi connectivity index (χ1) is 16.8. The summed E-state index contributed by atoms with van der Waals surface area (Å²) in [5.74, 6) is 0.440. The van der Waals surface area contributed by atoms with Gasteiger partial charge in [-0.05, 0) is 67.5 Å². The number of aryl methyl sites for hydroxylation is 1. The lowest BCUT2D eigenvalue weighted by Gasteiger charge is -2.30. The summed E-state index contributed by atoms with van der Waals surface area (Å²) in [5, 5.41) is 14.4. The minimum absolute atomic E-state index is 0. The molecule has 3 aromatic rings. The van der Waals surface area contributed by atoms with Gasteiger partial charge in [0.15, 0.2) is 0 Å². The molecule has 0 saturated heterocycles. The Morgan fingerprint density at radius 3 is 2.77 bits per heavy atom. The third kappa shape index (κ3) is 5.02. The molecule has 1 atom stereocenters. The van der Waals surface area contributed by atoms with Crippen LogP contribution in [-0.2, 0) is 5.41 Å². The molecule has 0 aliphatic carbocycles. The molecule has 1 aromatic heterocycles. The summed E-state index contributed by atoms with van der Waals surface area (Å²) in [6.45, 7) is 10.8. The van der Waals surface area contributed by atoms with Gasteiger partial charge in [0.05, 0.1) is 29.1 Å². The molecule has 5 heteroatoms. The van der Waals surface area contributed by atoms with Gasteiger partial charge in [0.2, 0.25) is 0 Å². The van der Waals surface area contributed by atoms with Gasteiger partial charge < -0.3 is 10.1 Å². The summed E-state index contributed by atoms with van der Waals surface area (Å²) in [6.07, 6.45) is 4.53. The van der Waals surface area contributed by atoms with Crippen LogP contribution in [0.2, 0.25) is 0 Å². The second-order valence-electron chi connectivity index (χ2n) is 9.02. The Balaban J connectivity index is 0.00000361. The van der Waals surface area contributed by atoms with E-state index in [4.69, 9.17) is 9.72 Å². The van der Waals surface area contributed by atoms with Crippen molar-refractivity contribution in [3.8, 4) is 23.1 Å². The molecular formula is C30H31N3O2. The number of benzene rings is 2. The molecule has 1 amide bonds. The summed E-state index contributed by atoms with van der Waals surface area (Å²) >= 11 is 0. The summed E-state index contributed by atoms with van der Waals surface area (Å²) in [4.78, 5) is 17.8. The van der Waals surface area contributed by atoms with E-state index in [9.17, 15) is 10.1 Å². The molecule has 0 saturated carbocycles. The quantitative estimate of drug-likeness (QED) is 0.605. The van der Waals surface area contributed by atoms with Crippen molar-refractivity contribution < 1.29 is 11.0 Å². The molecule has 0 spiro atoms. The first-order valence-corrected chi connectivity index (χ1v) is 11.7. The predicted molar refractivity (Wildman–Crippen MR) is 141 cm³/mol. The van der Waals surface area contributed by atoms with E-state index in [0.29, 0.717) is 24.3 Å². The molecular weight excluding hydrogens is 434 g/mol. The zero-order valence-corrected chi connectivity index (χ0v) is 20.4. The second-order valence-corrected chi connectivity index (χ2v) is 9.02. The Morgan fingerprint density at radius 2 is 2.06 bits per heavy atom. The average molecular weight is 466 g/mol. The number of ether oxygens (including phenoxy) is 1. The van der Waals surface area contributed by atoms with Crippen molar-refractivity contribution in [2.75, 3.05) is 13.2 Å². The second kappa shape index (κ2) is 9.99. The molecule has 2 aromatic carbocycles. The number of nitrogens with one attached hydrogen (secondary N) is 1. The lowest BCUT2D eigenvalue weighted by Crippen LogP contribution is -2.31. The largest absolute Gasteiger partial charge is 0.493 e. The van der Waals surface area contributed by atoms with Crippen LogP contribution in [0, 0.1) is 18.3 Å². The van der Waals surface area contributed by atoms with Gasteiger partial charge in [0.1, 0.15) is 5.75 Å². The van der Waals surface area contributed by atoms with Crippen molar-refractivity contribution in [3.63, 3.8) is 0 Å². The highest BCUT2D eigenvalue weighted by Crippen LogP contribution is 2.38. The Hall–Kier alpha value is -4.17. The normalized spacial score (nSPS) is 17.8. The summed E-state index contributed by atoms with van der Waals surface area (Å²) in [6, 6.07) is 19.8. The molecule has 1 N–H and O–H groups in total. The van der Waals surface area contributed by atoms with Crippen LogP contribution in [0.4, 0.5) is 0 Å². The molecule has 178 valence electrons. The number of pyridine rings is 1. The maximum absolute atomic E-state index is 12.9. The molecule has 1 aliphatic rings. The fourth-order valence-corrected chi connectivity index (χ4v) is 4.27. The van der Waals surface area contributed by atoms with Crippen LogP contribution in [0.25, 0.3) is 23.4 Å². The number of carbonyl (C=O) groups excluding carboxylic acids is 1. The van der Waals surface area contributed by atoms with Gasteiger partial charge >= 0.3 is 0 Å². The third-order valence-electron chi connectivity index (χ3n) is 6.39. The molecule has 2 heterocycles. The topological polar surface area (TPSA) is 75.0 Å². The van der Waals surface area contributed by atoms with Gasteiger partial charge in [-0.3, -0.25) is 4.79 Å². The van der Waals surface area contributed by atoms with Gasteiger partial charge in [-0.15, -0.1) is 0 Å². The van der Waals surface area contributed by atoms with Crippen molar-refractivity contribution in [1.82, 2.24) is 10.3 Å². The molecule has 1 aliphatic heterocycles. The summed E-state index contributed by atoms with van der Waals surface area (Å²) in [7, 11) is 0. The number of nitriles is 1. The minimum atomic E-state index is -0.665. The smallest absolute Gasteiger partial charge is 0.251 e. The standard InChI is InChI=1S/C30H29N3O2.H2/c1-5-22-16-21(3)28(23-9-7-6-8-10-23)33-26(22)15-20(2)18-32-29(34)24-11-12-27-25(17-24)30(4,19-31)13-14-35-27;/h5-12,15-17H,2,13-14,18H2,1,3-4H3,(H,32,34);1H/b22-5-,26-15+;/t30-;/m0./s1. The number of amides is 1. The van der Waals surface area contributed by atoms with E-state index in [1.807, 2.05) is 56.3 Å². The van der Waals surface area contributed by atoms with Crippen LogP contribution in [0.15, 0.2) is 66.7 Å². The van der Waals surface area contributed by atoms with E-state index in [1.54, 1.807) is 18.2 Å². The maximum Gasteiger partial charge on any atom is 0.251 e. The Labute approximate surface area is 207 Å². The van der Waals surface area contributed by atoms with Crippen molar-refractivity contribution in [3.05, 3.63) is 94.0 Å². The monoisotopic (exact) mass is 465 g/mol. The first kappa shape index (κ1) is 24.0. The van der Waals surface area contributed by atoms with Crippen LogP contribution in [0.3, 0.4) is 0 Å². The zero-order chi connectivity index (χ0) is 25.0. The predicted octanol–water partition coefficient (Wildman–Crippen LogP) is 4.43. The highest BCUT2D eigenvalue weighted by molar-refractivity contribution is 5.95. The fourth-order valence-electron chi connectivity index (χ4n) is 4.27. The fraction of sp³-hybridized carbons (Fsp3) is 0.233. The lowest BCUT2D eigenvalue weighted by molar-refractivity contribution is 0.0957. The lowest BCUT2D eigenvalue weighted by atomic mass is 9.78. The Morgan fingerprint density at radius 1 is 1.29 bits per heavy atom. The van der Waals surface area contributed by atoms with Crippen LogP contribution < -0.4 is 20.6 Å². The van der Waals surface area contributed by atoms with E-state index >= 15 is 0 Å². The molecule has 5 nitrogen and oxygen atoms in total. The third-order valence-corrected chi connectivity index (χ3v) is 6.39. The van der Waals surface area contributed by atoms with Gasteiger partial charge in [-0.1, -0.05) is 43.0 Å². The number of nitrogens with zero attached hydrogens (tertiary/aromatic N) is 2. The van der Waals surface area contributed by atoms with E-state index in [-0.39, 0.29) is 13.9 Å². The first-order valence-electron chi connectivity index (χ1n) is 11.7. The number of carbonyl (C=O) groups is 1. The number of hydrogen-bond acceptors (Lipinski definition) is 4. The number of aromatic nitrogens is 1. The van der Waals surface area contributed by atoms with Crippen LogP contribution in [0.5, 0.6) is 5.75 Å². The van der Waals surface area contributed by atoms with Gasteiger partial charge in [0, 0.05) is 31.1 Å². The van der Waals surface area contributed by atoms with Crippen LogP contribution >= 0.6 is 0 Å². The van der Waals surface area contributed by atoms with Crippen molar-refractivity contribution >= 4 is 18.1 Å². The van der Waals surface area contributed by atoms with E-state index in [1.165, 1.54) is 0 Å². The summed E-state index contributed by atoms with van der Waals surface area (Å²) in [5.41, 5.74) is 4.40. The maximum atomic E-state index is 12.9. The number of rotatable bonds is 5. The van der Waals surface area contributed by atoms with Crippen molar-refractivity contribution in [2.24, 2.45) is 0 Å². The molecule has 0 bridgehead atoms. The highest BCUT2D eigenvalue weighted by atomic mass is 16.5. The summed E-state index contributed by atoms with van der Waals surface area (Å²) < 4.78 is 5.68. The van der Waals surface area contributed by atoms with Gasteiger partial charge in [0.25, 0.3) is 5.91 Å². The van der Waals surface area contributed by atoms with E-state index in [0.717, 1.165) is 38.5 Å². The minimum Gasteiger partial charge on any atom is -0.493 e. The average Bonchev–Trinajstić information content (AvgIpc) is 2.88. The van der Waals surface area contributed by atoms with Crippen LogP contribution in [-0.4, -0.2) is 24.0 Å². The van der Waals surface area contributed by atoms with Gasteiger partial charge in [-0.2, -0.15) is 5.26 Å². The SMILES string of the molecule is C=C(/C=c1/nc(-c2ccccc2)c(C)c/c1=C/C)CNC(=O)c1ccc2c(c1)[C@](C)(C#N)CCO2.[HH]. The molecule has 35 heavy (non-hydrogen) atoms. The highest BCUT2D eigenvalue weighted by Gasteiger charge is 2.34. The number of fused-ring (bicyclic) bond motifs is 1. The number of hydrogen-bond donors (Lipinski definition) is 1. The molecule has 0 fully saturated rings. The van der Waals surface area contributed by atoms with Crippen molar-refractivity contribution in [1.29, 1.82) is 5.26 Å². The van der Waals surface area contributed by atoms with E-state index < -0.39 is 5.41 Å². The molecule has 0 unspecified atom stereocenters. The molecule has 0 radical (unpaired) electrons. The molecule has 4 rings (SSSR count). The Bertz CT molecular complexity index is 1460. The van der Waals surface area contributed by atoms with Gasteiger partial charge in [-0.25, -0.2) is 4.98 Å². The van der Waals surface area contributed by atoms with Crippen LogP contribution in [0.1, 0.15) is 43.2 Å². The Kier molecular flexibility index (Phi) is 6.84. The zero-order valence-electron chi connectivity index (χ0n) is 20.4. The van der Waals surface area contributed by atoms with Crippen molar-refractivity contribution in [2.45, 2.75) is 32.6 Å². The van der Waals surface area contributed by atoms with E-state index in [2.05, 4.69) is 31.0 Å².